The number of aryl methyl sites for hydroxylation is 2. The van der Waals surface area contributed by atoms with Gasteiger partial charge in [-0.05, 0) is 19.9 Å². The number of furan rings is 1. The Morgan fingerprint density at radius 2 is 2.24 bits per heavy atom. The highest BCUT2D eigenvalue weighted by Gasteiger charge is 2.31. The third-order valence-electron chi connectivity index (χ3n) is 6.49. The molecule has 1 N–H and O–H groups in total. The van der Waals surface area contributed by atoms with Crippen LogP contribution >= 0.6 is 0 Å². The maximum atomic E-state index is 13.0. The molecule has 5 aromatic heterocycles. The first-order valence-corrected chi connectivity index (χ1v) is 11.3. The van der Waals surface area contributed by atoms with E-state index in [2.05, 4.69) is 27.0 Å². The Kier molecular flexibility index (Phi) is 4.64. The van der Waals surface area contributed by atoms with Gasteiger partial charge >= 0.3 is 0 Å². The Bertz CT molecular complexity index is 1520. The summed E-state index contributed by atoms with van der Waals surface area (Å²) in [7, 11) is 1.92. The fraction of sp³-hybridized carbons (Fsp3) is 0.348. The van der Waals surface area contributed by atoms with E-state index in [9.17, 15) is 4.79 Å². The quantitative estimate of drug-likeness (QED) is 0.428. The molecular weight excluding hydrogens is 436 g/mol. The van der Waals surface area contributed by atoms with Crippen molar-refractivity contribution in [3.05, 3.63) is 42.3 Å². The lowest BCUT2D eigenvalue weighted by Crippen LogP contribution is -2.31. The van der Waals surface area contributed by atoms with Gasteiger partial charge in [0.1, 0.15) is 30.1 Å². The van der Waals surface area contributed by atoms with E-state index in [0.717, 1.165) is 29.1 Å². The van der Waals surface area contributed by atoms with Crippen molar-refractivity contribution in [3.63, 3.8) is 0 Å². The SMILES string of the molecule is CCn1ncc(-c2nc3c(OC4CCN(C(=O)c5coc6cc[nH]c56)C4)ncnc3n2C)c1C. The van der Waals surface area contributed by atoms with E-state index >= 15 is 0 Å². The number of nitrogens with zero attached hydrogens (tertiary/aromatic N) is 7. The Balaban J connectivity index is 1.25. The number of imidazole rings is 1. The molecule has 174 valence electrons. The number of aromatic nitrogens is 7. The van der Waals surface area contributed by atoms with Gasteiger partial charge in [-0.15, -0.1) is 0 Å². The van der Waals surface area contributed by atoms with Crippen LogP contribution in [0.2, 0.25) is 0 Å². The van der Waals surface area contributed by atoms with Crippen LogP contribution in [0, 0.1) is 6.92 Å². The van der Waals surface area contributed by atoms with Crippen LogP contribution < -0.4 is 4.74 Å². The van der Waals surface area contributed by atoms with Gasteiger partial charge in [0.05, 0.1) is 23.8 Å². The van der Waals surface area contributed by atoms with E-state index in [-0.39, 0.29) is 12.0 Å². The van der Waals surface area contributed by atoms with Crippen LogP contribution in [0.4, 0.5) is 0 Å². The number of amides is 1. The lowest BCUT2D eigenvalue weighted by atomic mass is 10.2. The van der Waals surface area contributed by atoms with Crippen molar-refractivity contribution in [1.82, 2.24) is 39.2 Å². The van der Waals surface area contributed by atoms with Gasteiger partial charge in [-0.3, -0.25) is 9.48 Å². The Morgan fingerprint density at radius 3 is 3.06 bits per heavy atom. The highest BCUT2D eigenvalue weighted by molar-refractivity contribution is 6.04. The molecule has 0 bridgehead atoms. The van der Waals surface area contributed by atoms with Gasteiger partial charge in [0, 0.05) is 38.4 Å². The monoisotopic (exact) mass is 460 g/mol. The fourth-order valence-corrected chi connectivity index (χ4v) is 4.63. The van der Waals surface area contributed by atoms with Crippen molar-refractivity contribution in [2.45, 2.75) is 32.9 Å². The summed E-state index contributed by atoms with van der Waals surface area (Å²) >= 11 is 0. The molecule has 0 saturated carbocycles. The number of hydrogen-bond acceptors (Lipinski definition) is 7. The Labute approximate surface area is 194 Å². The summed E-state index contributed by atoms with van der Waals surface area (Å²) in [6, 6.07) is 1.80. The normalized spacial score (nSPS) is 16.2. The summed E-state index contributed by atoms with van der Waals surface area (Å²) in [6.45, 7) is 5.92. The molecule has 1 unspecified atom stereocenters. The van der Waals surface area contributed by atoms with E-state index in [1.165, 1.54) is 12.6 Å². The summed E-state index contributed by atoms with van der Waals surface area (Å²) in [5.74, 6) is 1.10. The molecule has 34 heavy (non-hydrogen) atoms. The van der Waals surface area contributed by atoms with Crippen molar-refractivity contribution in [1.29, 1.82) is 0 Å². The summed E-state index contributed by atoms with van der Waals surface area (Å²) in [4.78, 5) is 31.5. The molecule has 1 aliphatic rings. The van der Waals surface area contributed by atoms with E-state index in [1.54, 1.807) is 17.2 Å². The number of nitrogens with one attached hydrogen (secondary N) is 1. The highest BCUT2D eigenvalue weighted by atomic mass is 16.5. The van der Waals surface area contributed by atoms with Gasteiger partial charge < -0.3 is 23.6 Å². The van der Waals surface area contributed by atoms with Crippen LogP contribution in [0.5, 0.6) is 5.88 Å². The topological polar surface area (TPSA) is 120 Å². The Hall–Kier alpha value is -4.15. The minimum atomic E-state index is -0.192. The van der Waals surface area contributed by atoms with Gasteiger partial charge in [-0.1, -0.05) is 0 Å². The number of hydrogen-bond donors (Lipinski definition) is 1. The van der Waals surface area contributed by atoms with Crippen LogP contribution in [0.3, 0.4) is 0 Å². The third kappa shape index (κ3) is 3.07. The maximum absolute atomic E-state index is 13.0. The van der Waals surface area contributed by atoms with Crippen molar-refractivity contribution >= 4 is 28.2 Å². The molecule has 0 spiro atoms. The molecule has 6 rings (SSSR count). The average molecular weight is 460 g/mol. The minimum absolute atomic E-state index is 0.0799. The minimum Gasteiger partial charge on any atom is -0.471 e. The zero-order valence-corrected chi connectivity index (χ0v) is 19.1. The van der Waals surface area contributed by atoms with E-state index in [0.29, 0.717) is 47.7 Å². The molecule has 1 atom stereocenters. The maximum Gasteiger partial charge on any atom is 0.259 e. The molecular formula is C23H24N8O3. The first-order valence-electron chi connectivity index (χ1n) is 11.3. The molecule has 1 aliphatic heterocycles. The summed E-state index contributed by atoms with van der Waals surface area (Å²) in [5, 5.41) is 4.44. The van der Waals surface area contributed by atoms with Crippen LogP contribution in [0.1, 0.15) is 29.4 Å². The zero-order chi connectivity index (χ0) is 23.4. The molecule has 0 radical (unpaired) electrons. The van der Waals surface area contributed by atoms with Gasteiger partial charge in [-0.25, -0.2) is 9.97 Å². The molecule has 11 nitrogen and oxygen atoms in total. The van der Waals surface area contributed by atoms with Crippen molar-refractivity contribution < 1.29 is 13.9 Å². The lowest BCUT2D eigenvalue weighted by Gasteiger charge is -2.16. The second-order valence-electron chi connectivity index (χ2n) is 8.45. The molecule has 0 aliphatic carbocycles. The third-order valence-corrected chi connectivity index (χ3v) is 6.49. The zero-order valence-electron chi connectivity index (χ0n) is 19.1. The van der Waals surface area contributed by atoms with Crippen LogP contribution in [0.25, 0.3) is 33.7 Å². The molecule has 0 aromatic carbocycles. The van der Waals surface area contributed by atoms with E-state index < -0.39 is 0 Å². The summed E-state index contributed by atoms with van der Waals surface area (Å²) in [6.07, 6.45) is 7.08. The van der Waals surface area contributed by atoms with Crippen molar-refractivity contribution in [3.8, 4) is 17.3 Å². The van der Waals surface area contributed by atoms with E-state index in [4.69, 9.17) is 14.1 Å². The number of likely N-dealkylation sites (tertiary alicyclic amines) is 1. The number of H-pyrrole nitrogens is 1. The standard InChI is InChI=1S/C23H24N8O3/c1-4-31-13(2)15(9-27-31)20-28-19-21(29(20)3)25-12-26-22(19)34-14-6-8-30(10-14)23(32)16-11-33-17-5-7-24-18(16)17/h5,7,9,11-12,14,24H,4,6,8,10H2,1-3H3. The predicted molar refractivity (Wildman–Crippen MR) is 123 cm³/mol. The van der Waals surface area contributed by atoms with Crippen molar-refractivity contribution in [2.75, 3.05) is 13.1 Å². The molecule has 5 aromatic rings. The lowest BCUT2D eigenvalue weighted by molar-refractivity contribution is 0.0772. The number of aromatic amines is 1. The predicted octanol–water partition coefficient (Wildman–Crippen LogP) is 2.92. The molecule has 1 fully saturated rings. The number of fused-ring (bicyclic) bond motifs is 2. The van der Waals surface area contributed by atoms with Gasteiger partial charge in [0.25, 0.3) is 5.91 Å². The van der Waals surface area contributed by atoms with Crippen LogP contribution in [-0.2, 0) is 13.6 Å². The molecule has 11 heteroatoms. The Morgan fingerprint density at radius 1 is 1.35 bits per heavy atom. The average Bonchev–Trinajstić information content (AvgIpc) is 3.63. The largest absolute Gasteiger partial charge is 0.471 e. The highest BCUT2D eigenvalue weighted by Crippen LogP contribution is 2.30. The summed E-state index contributed by atoms with van der Waals surface area (Å²) < 4.78 is 15.6. The van der Waals surface area contributed by atoms with Gasteiger partial charge in [-0.2, -0.15) is 10.1 Å². The smallest absolute Gasteiger partial charge is 0.259 e. The second kappa shape index (κ2) is 7.72. The van der Waals surface area contributed by atoms with Crippen LogP contribution in [-0.4, -0.2) is 64.3 Å². The number of rotatable bonds is 5. The number of ether oxygens (including phenoxy) is 1. The first kappa shape index (κ1) is 20.5. The van der Waals surface area contributed by atoms with Gasteiger partial charge in [0.2, 0.25) is 5.88 Å². The molecule has 1 amide bonds. The second-order valence-corrected chi connectivity index (χ2v) is 8.45. The molecule has 6 heterocycles. The number of carbonyl (C=O) groups is 1. The first-order chi connectivity index (χ1) is 16.5. The van der Waals surface area contributed by atoms with E-state index in [1.807, 2.05) is 29.4 Å². The number of carbonyl (C=O) groups excluding carboxylic acids is 1. The van der Waals surface area contributed by atoms with Gasteiger partial charge in [0.15, 0.2) is 16.7 Å². The molecule has 1 saturated heterocycles. The fourth-order valence-electron chi connectivity index (χ4n) is 4.63. The summed E-state index contributed by atoms with van der Waals surface area (Å²) in [5.41, 5.74) is 5.18. The van der Waals surface area contributed by atoms with Crippen LogP contribution in [0.15, 0.2) is 35.5 Å². The van der Waals surface area contributed by atoms with Crippen molar-refractivity contribution in [2.24, 2.45) is 7.05 Å².